The van der Waals surface area contributed by atoms with Gasteiger partial charge in [0.1, 0.15) is 5.82 Å². The molecule has 0 bridgehead atoms. The van der Waals surface area contributed by atoms with E-state index in [4.69, 9.17) is 0 Å². The first-order chi connectivity index (χ1) is 9.52. The number of anilines is 1. The van der Waals surface area contributed by atoms with Crippen LogP contribution < -0.4 is 10.6 Å². The minimum atomic E-state index is -0.0282. The maximum atomic E-state index is 12.1. The van der Waals surface area contributed by atoms with E-state index in [2.05, 4.69) is 34.6 Å². The normalized spacial score (nSPS) is 10.7. The summed E-state index contributed by atoms with van der Waals surface area (Å²) < 4.78 is 0. The van der Waals surface area contributed by atoms with Gasteiger partial charge in [-0.1, -0.05) is 0 Å². The van der Waals surface area contributed by atoms with E-state index in [-0.39, 0.29) is 5.91 Å². The first-order valence-electron chi connectivity index (χ1n) is 7.18. The number of amides is 1. The smallest absolute Gasteiger partial charge is 0.251 e. The molecule has 20 heavy (non-hydrogen) atoms. The lowest BCUT2D eigenvalue weighted by Gasteiger charge is -2.10. The van der Waals surface area contributed by atoms with Crippen molar-refractivity contribution in [2.75, 3.05) is 39.0 Å². The Morgan fingerprint density at radius 2 is 2.05 bits per heavy atom. The van der Waals surface area contributed by atoms with Gasteiger partial charge in [-0.05, 0) is 59.5 Å². The maximum Gasteiger partial charge on any atom is 0.251 e. The second kappa shape index (κ2) is 8.53. The van der Waals surface area contributed by atoms with Crippen molar-refractivity contribution >= 4 is 11.7 Å². The van der Waals surface area contributed by atoms with Crippen molar-refractivity contribution in [2.24, 2.45) is 0 Å². The Morgan fingerprint density at radius 1 is 1.30 bits per heavy atom. The second-order valence-electron chi connectivity index (χ2n) is 5.18. The summed E-state index contributed by atoms with van der Waals surface area (Å²) in [4.78, 5) is 18.6. The molecule has 1 aromatic heterocycles. The summed E-state index contributed by atoms with van der Waals surface area (Å²) in [6.45, 7) is 6.46. The van der Waals surface area contributed by atoms with E-state index in [0.717, 1.165) is 37.4 Å². The van der Waals surface area contributed by atoms with E-state index >= 15 is 0 Å². The Kier molecular flexibility index (Phi) is 7.01. The number of hydrogen-bond acceptors (Lipinski definition) is 4. The van der Waals surface area contributed by atoms with Crippen molar-refractivity contribution in [1.29, 1.82) is 0 Å². The molecule has 0 aromatic carbocycles. The van der Waals surface area contributed by atoms with Crippen LogP contribution in [0.1, 0.15) is 35.8 Å². The highest BCUT2D eigenvalue weighted by Crippen LogP contribution is 2.10. The largest absolute Gasteiger partial charge is 0.370 e. The molecule has 0 radical (unpaired) electrons. The summed E-state index contributed by atoms with van der Waals surface area (Å²) >= 11 is 0. The summed E-state index contributed by atoms with van der Waals surface area (Å²) in [5.74, 6) is 0.727. The predicted molar refractivity (Wildman–Crippen MR) is 83.3 cm³/mol. The molecule has 0 fully saturated rings. The molecule has 0 aliphatic heterocycles. The topological polar surface area (TPSA) is 57.3 Å². The highest BCUT2D eigenvalue weighted by atomic mass is 16.1. The summed E-state index contributed by atoms with van der Waals surface area (Å²) in [6, 6.07) is 3.61. The average Bonchev–Trinajstić information content (AvgIpc) is 2.37. The molecule has 0 aliphatic rings. The lowest BCUT2D eigenvalue weighted by atomic mass is 10.2. The van der Waals surface area contributed by atoms with Crippen LogP contribution in [0.15, 0.2) is 12.1 Å². The zero-order chi connectivity index (χ0) is 15.0. The van der Waals surface area contributed by atoms with Gasteiger partial charge in [0, 0.05) is 24.3 Å². The first kappa shape index (κ1) is 16.4. The first-order valence-corrected chi connectivity index (χ1v) is 7.18. The second-order valence-corrected chi connectivity index (χ2v) is 5.18. The van der Waals surface area contributed by atoms with Crippen LogP contribution in [0.4, 0.5) is 5.82 Å². The van der Waals surface area contributed by atoms with Crippen LogP contribution in [0.3, 0.4) is 0 Å². The molecule has 0 saturated heterocycles. The van der Waals surface area contributed by atoms with Crippen molar-refractivity contribution in [1.82, 2.24) is 15.2 Å². The third kappa shape index (κ3) is 6.02. The number of carbonyl (C=O) groups is 1. The number of aryl methyl sites for hydroxylation is 1. The molecule has 1 amide bonds. The van der Waals surface area contributed by atoms with Crippen molar-refractivity contribution in [3.63, 3.8) is 0 Å². The third-order valence-corrected chi connectivity index (χ3v) is 2.89. The molecular formula is C15H26N4O. The summed E-state index contributed by atoms with van der Waals surface area (Å²) in [5.41, 5.74) is 1.52. The summed E-state index contributed by atoms with van der Waals surface area (Å²) in [6.07, 6.45) is 2.08. The standard InChI is InChI=1S/C15H26N4O/c1-5-16-14-11-13(10-12(2)18-14)15(20)17-8-6-7-9-19(3)4/h10-11H,5-9H2,1-4H3,(H,16,18)(H,17,20). The van der Waals surface area contributed by atoms with Gasteiger partial charge in [0.15, 0.2) is 0 Å². The molecule has 1 rings (SSSR count). The summed E-state index contributed by atoms with van der Waals surface area (Å²) in [5, 5.41) is 6.09. The van der Waals surface area contributed by atoms with E-state index < -0.39 is 0 Å². The molecule has 1 aromatic rings. The fraction of sp³-hybridized carbons (Fsp3) is 0.600. The molecule has 2 N–H and O–H groups in total. The maximum absolute atomic E-state index is 12.1. The molecule has 0 aliphatic carbocycles. The zero-order valence-electron chi connectivity index (χ0n) is 13.0. The third-order valence-electron chi connectivity index (χ3n) is 2.89. The zero-order valence-corrected chi connectivity index (χ0v) is 13.0. The minimum absolute atomic E-state index is 0.0282. The SMILES string of the molecule is CCNc1cc(C(=O)NCCCCN(C)C)cc(C)n1. The molecule has 0 unspecified atom stereocenters. The fourth-order valence-electron chi connectivity index (χ4n) is 1.93. The molecule has 0 spiro atoms. The van der Waals surface area contributed by atoms with Gasteiger partial charge in [-0.3, -0.25) is 4.79 Å². The molecule has 5 heteroatoms. The van der Waals surface area contributed by atoms with Gasteiger partial charge < -0.3 is 15.5 Å². The predicted octanol–water partition coefficient (Wildman–Crippen LogP) is 1.89. The van der Waals surface area contributed by atoms with Gasteiger partial charge in [-0.25, -0.2) is 4.98 Å². The number of carbonyl (C=O) groups excluding carboxylic acids is 1. The quantitative estimate of drug-likeness (QED) is 0.713. The number of rotatable bonds is 8. The van der Waals surface area contributed by atoms with Gasteiger partial charge >= 0.3 is 0 Å². The molecule has 0 saturated carbocycles. The molecule has 112 valence electrons. The number of nitrogens with one attached hydrogen (secondary N) is 2. The van der Waals surface area contributed by atoms with Crippen LogP contribution in [0.2, 0.25) is 0 Å². The number of unbranched alkanes of at least 4 members (excludes halogenated alkanes) is 1. The van der Waals surface area contributed by atoms with Gasteiger partial charge in [-0.2, -0.15) is 0 Å². The van der Waals surface area contributed by atoms with E-state index in [1.165, 1.54) is 0 Å². The van der Waals surface area contributed by atoms with Gasteiger partial charge in [0.25, 0.3) is 5.91 Å². The van der Waals surface area contributed by atoms with Crippen LogP contribution in [0.25, 0.3) is 0 Å². The molecular weight excluding hydrogens is 252 g/mol. The van der Waals surface area contributed by atoms with Crippen LogP contribution in [0.5, 0.6) is 0 Å². The van der Waals surface area contributed by atoms with Crippen LogP contribution in [-0.2, 0) is 0 Å². The number of nitrogens with zero attached hydrogens (tertiary/aromatic N) is 2. The lowest BCUT2D eigenvalue weighted by molar-refractivity contribution is 0.0952. The monoisotopic (exact) mass is 278 g/mol. The Balaban J connectivity index is 2.46. The lowest BCUT2D eigenvalue weighted by Crippen LogP contribution is -2.25. The minimum Gasteiger partial charge on any atom is -0.370 e. The van der Waals surface area contributed by atoms with Crippen molar-refractivity contribution in [2.45, 2.75) is 26.7 Å². The number of pyridine rings is 1. The van der Waals surface area contributed by atoms with E-state index in [1.54, 1.807) is 6.07 Å². The highest BCUT2D eigenvalue weighted by Gasteiger charge is 2.07. The summed E-state index contributed by atoms with van der Waals surface area (Å²) in [7, 11) is 4.11. The molecule has 0 atom stereocenters. The Bertz CT molecular complexity index is 432. The van der Waals surface area contributed by atoms with Gasteiger partial charge in [0.05, 0.1) is 0 Å². The van der Waals surface area contributed by atoms with Crippen molar-refractivity contribution < 1.29 is 4.79 Å². The molecule has 1 heterocycles. The average molecular weight is 278 g/mol. The van der Waals surface area contributed by atoms with Crippen LogP contribution >= 0.6 is 0 Å². The Labute approximate surface area is 121 Å². The van der Waals surface area contributed by atoms with E-state index in [9.17, 15) is 4.79 Å². The number of aromatic nitrogens is 1. The molecule has 5 nitrogen and oxygen atoms in total. The van der Waals surface area contributed by atoms with Crippen molar-refractivity contribution in [3.05, 3.63) is 23.4 Å². The van der Waals surface area contributed by atoms with Gasteiger partial charge in [-0.15, -0.1) is 0 Å². The van der Waals surface area contributed by atoms with E-state index in [1.807, 2.05) is 19.9 Å². The fourth-order valence-corrected chi connectivity index (χ4v) is 1.93. The highest BCUT2D eigenvalue weighted by molar-refractivity contribution is 5.94. The van der Waals surface area contributed by atoms with Gasteiger partial charge in [0.2, 0.25) is 0 Å². The Morgan fingerprint density at radius 3 is 2.70 bits per heavy atom. The Hall–Kier alpha value is -1.62. The van der Waals surface area contributed by atoms with Crippen LogP contribution in [0, 0.1) is 6.92 Å². The number of hydrogen-bond donors (Lipinski definition) is 2. The van der Waals surface area contributed by atoms with Crippen LogP contribution in [-0.4, -0.2) is 49.5 Å². The van der Waals surface area contributed by atoms with E-state index in [0.29, 0.717) is 12.1 Å². The van der Waals surface area contributed by atoms with Crippen molar-refractivity contribution in [3.8, 4) is 0 Å².